The second-order valence-electron chi connectivity index (χ2n) is 21.4. The first-order valence-corrected chi connectivity index (χ1v) is 30.0. The van der Waals surface area contributed by atoms with E-state index in [4.69, 9.17) is 47.1 Å². The lowest BCUT2D eigenvalue weighted by atomic mass is 9.83. The summed E-state index contributed by atoms with van der Waals surface area (Å²) < 4.78 is 70.7. The van der Waals surface area contributed by atoms with E-state index in [-0.39, 0.29) is 62.9 Å². The van der Waals surface area contributed by atoms with Crippen molar-refractivity contribution in [1.29, 1.82) is 0 Å². The minimum absolute atomic E-state index is 0.0346. The van der Waals surface area contributed by atoms with E-state index in [2.05, 4.69) is 48.1 Å². The van der Waals surface area contributed by atoms with Crippen molar-refractivity contribution < 1.29 is 57.0 Å². The second kappa shape index (κ2) is 29.7. The summed E-state index contributed by atoms with van der Waals surface area (Å²) in [5.74, 6) is -0.628. The number of aliphatic hydroxyl groups excluding tert-OH is 1. The van der Waals surface area contributed by atoms with E-state index < -0.39 is 81.6 Å². The summed E-state index contributed by atoms with van der Waals surface area (Å²) in [5.41, 5.74) is 5.56. The van der Waals surface area contributed by atoms with Crippen LogP contribution in [-0.2, 0) is 80.1 Å². The number of carbonyl (C=O) groups excluding carboxylic acids is 1. The molecule has 13 heteroatoms. The molecule has 1 aliphatic heterocycles. The number of benzene rings is 6. The fourth-order valence-electron chi connectivity index (χ4n) is 11.4. The van der Waals surface area contributed by atoms with Gasteiger partial charge in [0.1, 0.15) is 54.9 Å². The molecule has 1 N–H and O–H groups in total. The lowest BCUT2D eigenvalue weighted by molar-refractivity contribution is -0.355. The minimum Gasteiger partial charge on any atom is -0.450 e. The second-order valence-corrected chi connectivity index (χ2v) is 26.9. The van der Waals surface area contributed by atoms with Gasteiger partial charge in [-0.25, -0.2) is 4.79 Å². The molecule has 0 amide bonds. The highest BCUT2D eigenvalue weighted by molar-refractivity contribution is 6.77. The molecule has 0 bridgehead atoms. The van der Waals surface area contributed by atoms with Crippen LogP contribution in [0.2, 0.25) is 16.6 Å². The highest BCUT2D eigenvalue weighted by Crippen LogP contribution is 2.44. The van der Waals surface area contributed by atoms with Gasteiger partial charge < -0.3 is 52.2 Å². The molecule has 1 aliphatic carbocycles. The van der Waals surface area contributed by atoms with Crippen LogP contribution in [-0.4, -0.2) is 99.9 Å². The third-order valence-corrected chi connectivity index (χ3v) is 21.2. The van der Waals surface area contributed by atoms with E-state index in [9.17, 15) is 9.90 Å². The molecule has 2 aliphatic rings. The van der Waals surface area contributed by atoms with Crippen LogP contribution in [0.1, 0.15) is 79.7 Å². The van der Waals surface area contributed by atoms with Gasteiger partial charge in [0.15, 0.2) is 20.7 Å². The van der Waals surface area contributed by atoms with Crippen LogP contribution >= 0.6 is 0 Å². The third kappa shape index (κ3) is 15.6. The maximum Gasteiger partial charge on any atom is 0.338 e. The maximum atomic E-state index is 14.7. The van der Waals surface area contributed by atoms with Gasteiger partial charge in [0.05, 0.1) is 51.8 Å². The third-order valence-electron chi connectivity index (χ3n) is 15.1. The first kappa shape index (κ1) is 59.5. The van der Waals surface area contributed by atoms with Gasteiger partial charge in [0, 0.05) is 0 Å². The zero-order valence-corrected chi connectivity index (χ0v) is 47.6. The highest BCUT2D eigenvalue weighted by Gasteiger charge is 2.58. The first-order chi connectivity index (χ1) is 38.5. The zero-order chi connectivity index (χ0) is 55.6. The molecule has 2 fully saturated rings. The van der Waals surface area contributed by atoms with E-state index in [0.29, 0.717) is 5.56 Å². The van der Waals surface area contributed by atoms with Crippen LogP contribution in [0, 0.1) is 0 Å². The zero-order valence-electron chi connectivity index (χ0n) is 46.6. The van der Waals surface area contributed by atoms with Gasteiger partial charge in [-0.2, -0.15) is 0 Å². The lowest BCUT2D eigenvalue weighted by Gasteiger charge is -2.51. The Labute approximate surface area is 469 Å². The number of esters is 1. The summed E-state index contributed by atoms with van der Waals surface area (Å²) in [6.45, 7) is 18.4. The Hall–Kier alpha value is -5.65. The molecular weight excluding hydrogens is 1010 g/mol. The van der Waals surface area contributed by atoms with Crippen LogP contribution in [0.25, 0.3) is 0 Å². The number of hydrogen-bond donors (Lipinski definition) is 1. The molecule has 1 saturated carbocycles. The average Bonchev–Trinajstić information content (AvgIpc) is 3.58. The molecule has 12 nitrogen and oxygen atoms in total. The van der Waals surface area contributed by atoms with E-state index in [1.807, 2.05) is 158 Å². The van der Waals surface area contributed by atoms with Crippen molar-refractivity contribution in [2.24, 2.45) is 0 Å². The smallest absolute Gasteiger partial charge is 0.338 e. The number of ether oxygens (including phenoxy) is 9. The van der Waals surface area contributed by atoms with Gasteiger partial charge in [-0.1, -0.05) is 217 Å². The minimum atomic E-state index is -2.56. The van der Waals surface area contributed by atoms with Gasteiger partial charge in [-0.3, -0.25) is 0 Å². The van der Waals surface area contributed by atoms with Crippen molar-refractivity contribution in [2.75, 3.05) is 13.2 Å². The van der Waals surface area contributed by atoms with Crippen molar-refractivity contribution in [3.63, 3.8) is 0 Å². The van der Waals surface area contributed by atoms with E-state index in [0.717, 1.165) is 27.8 Å². The van der Waals surface area contributed by atoms with E-state index in [1.165, 1.54) is 0 Å². The molecule has 6 aromatic rings. The van der Waals surface area contributed by atoms with Crippen LogP contribution in [0.5, 0.6) is 0 Å². The van der Waals surface area contributed by atoms with E-state index in [1.54, 1.807) is 30.3 Å². The van der Waals surface area contributed by atoms with Crippen molar-refractivity contribution >= 4 is 14.3 Å². The standard InChI is InChI=1S/C66H80O12Si/c1-8-39-69-59-56(67)58(71-41-50-29-17-10-18-30-50)61(73-43-52-33-21-12-22-34-52)62(74-44-53-35-23-13-24-36-53)63(59)78-66-64(77-65(68)54-37-25-14-26-38-54)60(72-42-51-31-19-11-20-32-51)57(70-40-49-27-15-9-16-28-49)55(76-66)45-75-79(46(2)3,47(4)5)48(6)7/h8-38,46-48,55-64,66-67H,1,39-45H2,2-7H3/t55-,56-,57-,58+,59-,60+,61-,62+,63+,64+,66-/m1/s1. The van der Waals surface area contributed by atoms with Crippen molar-refractivity contribution in [3.8, 4) is 0 Å². The Kier molecular flexibility index (Phi) is 22.4. The molecular formula is C66H80O12Si. The maximum absolute atomic E-state index is 14.7. The van der Waals surface area contributed by atoms with Crippen LogP contribution in [0.15, 0.2) is 195 Å². The Morgan fingerprint density at radius 3 is 1.22 bits per heavy atom. The monoisotopic (exact) mass is 1090 g/mol. The molecule has 79 heavy (non-hydrogen) atoms. The van der Waals surface area contributed by atoms with Crippen LogP contribution < -0.4 is 0 Å². The number of carbonyl (C=O) groups is 1. The first-order valence-electron chi connectivity index (χ1n) is 27.9. The van der Waals surface area contributed by atoms with Crippen molar-refractivity contribution in [3.05, 3.63) is 228 Å². The predicted molar refractivity (Wildman–Crippen MR) is 307 cm³/mol. The topological polar surface area (TPSA) is 130 Å². The fraction of sp³-hybridized carbons (Fsp3) is 0.409. The molecule has 1 saturated heterocycles. The van der Waals surface area contributed by atoms with Gasteiger partial charge in [-0.15, -0.1) is 6.58 Å². The summed E-state index contributed by atoms with van der Waals surface area (Å²) in [6, 6.07) is 57.9. The molecule has 11 atom stereocenters. The van der Waals surface area contributed by atoms with Gasteiger partial charge in [0.2, 0.25) is 0 Å². The largest absolute Gasteiger partial charge is 0.450 e. The van der Waals surface area contributed by atoms with Crippen LogP contribution in [0.3, 0.4) is 0 Å². The molecule has 0 aromatic heterocycles. The van der Waals surface area contributed by atoms with Crippen molar-refractivity contribution in [1.82, 2.24) is 0 Å². The Bertz CT molecular complexity index is 2660. The van der Waals surface area contributed by atoms with Gasteiger partial charge in [0.25, 0.3) is 0 Å². The Morgan fingerprint density at radius 1 is 0.481 bits per heavy atom. The van der Waals surface area contributed by atoms with Crippen LogP contribution in [0.4, 0.5) is 0 Å². The molecule has 0 unspecified atom stereocenters. The predicted octanol–water partition coefficient (Wildman–Crippen LogP) is 12.4. The molecule has 0 spiro atoms. The fourth-order valence-corrected chi connectivity index (χ4v) is 16.8. The number of aliphatic hydroxyl groups is 1. The Morgan fingerprint density at radius 2 is 0.823 bits per heavy atom. The van der Waals surface area contributed by atoms with Gasteiger partial charge >= 0.3 is 5.97 Å². The SMILES string of the molecule is C=CCO[C@@H]1[C@H](O)[C@H](OCc2ccccc2)[C@@H](OCc2ccccc2)[C@H](OCc2ccccc2)[C@H]1O[C@H]1O[C@H](CO[Si](C(C)C)(C(C)C)C(C)C)[C@@H](OCc2ccccc2)[C@H](OCc2ccccc2)[C@@H]1OC(=O)c1ccccc1. The number of rotatable bonds is 28. The summed E-state index contributed by atoms with van der Waals surface area (Å²) in [5, 5.41) is 12.9. The summed E-state index contributed by atoms with van der Waals surface area (Å²) in [6.07, 6.45) is -10.5. The summed E-state index contributed by atoms with van der Waals surface area (Å²) in [7, 11) is -2.56. The normalized spacial score (nSPS) is 24.4. The molecule has 1 heterocycles. The molecule has 0 radical (unpaired) electrons. The lowest BCUT2D eigenvalue weighted by Crippen LogP contribution is -2.69. The van der Waals surface area contributed by atoms with Crippen molar-refractivity contribution in [2.45, 2.75) is 159 Å². The molecule has 6 aromatic carbocycles. The number of hydrogen-bond acceptors (Lipinski definition) is 12. The Balaban J connectivity index is 1.28. The quantitative estimate of drug-likeness (QED) is 0.0285. The molecule has 8 rings (SSSR count). The molecule has 420 valence electrons. The van der Waals surface area contributed by atoms with Gasteiger partial charge in [-0.05, 0) is 56.6 Å². The average molecular weight is 1090 g/mol. The highest BCUT2D eigenvalue weighted by atomic mass is 28.4. The van der Waals surface area contributed by atoms with E-state index >= 15 is 0 Å². The summed E-state index contributed by atoms with van der Waals surface area (Å²) in [4.78, 5) is 14.7. The summed E-state index contributed by atoms with van der Waals surface area (Å²) >= 11 is 0.